The molecular weight excluding hydrogens is 238 g/mol. The maximum atomic E-state index is 11.8. The first-order chi connectivity index (χ1) is 8.50. The number of amides is 2. The molecule has 0 aromatic heterocycles. The summed E-state index contributed by atoms with van der Waals surface area (Å²) in [5, 5.41) is 18.3. The van der Waals surface area contributed by atoms with Crippen LogP contribution in [-0.2, 0) is 9.59 Å². The van der Waals surface area contributed by atoms with E-state index in [1.165, 1.54) is 12.1 Å². The highest BCUT2D eigenvalue weighted by Gasteiger charge is 2.59. The lowest BCUT2D eigenvalue weighted by Gasteiger charge is -2.16. The number of nitrogens with zero attached hydrogens (tertiary/aromatic N) is 1. The first-order valence-corrected chi connectivity index (χ1v) is 5.45. The molecule has 2 fully saturated rings. The van der Waals surface area contributed by atoms with E-state index in [1.807, 2.05) is 0 Å². The minimum atomic E-state index is -1.26. The molecular formula is C12H9NO5. The number of carbonyl (C=O) groups is 3. The van der Waals surface area contributed by atoms with Crippen molar-refractivity contribution in [3.05, 3.63) is 23.8 Å². The van der Waals surface area contributed by atoms with E-state index in [0.29, 0.717) is 6.42 Å². The summed E-state index contributed by atoms with van der Waals surface area (Å²) in [5.41, 5.74) is -0.0392. The number of benzene rings is 1. The average molecular weight is 247 g/mol. The van der Waals surface area contributed by atoms with Crippen LogP contribution in [0.25, 0.3) is 0 Å². The van der Waals surface area contributed by atoms with Crippen molar-refractivity contribution in [3.63, 3.8) is 0 Å². The third kappa shape index (κ3) is 1.32. The number of hydrogen-bond acceptors (Lipinski definition) is 4. The fourth-order valence-electron chi connectivity index (χ4n) is 2.28. The van der Waals surface area contributed by atoms with Gasteiger partial charge in [0.15, 0.2) is 0 Å². The topological polar surface area (TPSA) is 94.9 Å². The quantitative estimate of drug-likeness (QED) is 0.746. The van der Waals surface area contributed by atoms with Crippen molar-refractivity contribution in [2.45, 2.75) is 6.42 Å². The minimum Gasteiger partial charge on any atom is -0.507 e. The smallest absolute Gasteiger partial charge is 0.339 e. The summed E-state index contributed by atoms with van der Waals surface area (Å²) >= 11 is 0. The van der Waals surface area contributed by atoms with Crippen molar-refractivity contribution < 1.29 is 24.6 Å². The Balaban J connectivity index is 1.99. The number of anilines is 1. The van der Waals surface area contributed by atoms with E-state index in [-0.39, 0.29) is 34.9 Å². The summed E-state index contributed by atoms with van der Waals surface area (Å²) in [4.78, 5) is 35.3. The molecule has 92 valence electrons. The standard InChI is InChI=1S/C12H9NO5/c14-9-3-5(1-2-6(9)12(17)18)13-10(15)7-4-8(7)11(13)16/h1-3,7-8,14H,4H2,(H,17,18). The fraction of sp³-hybridized carbons (Fsp3) is 0.250. The molecule has 2 aliphatic rings. The Morgan fingerprint density at radius 3 is 2.33 bits per heavy atom. The molecule has 2 N–H and O–H groups in total. The number of imide groups is 1. The summed E-state index contributed by atoms with van der Waals surface area (Å²) < 4.78 is 0. The normalized spacial score (nSPS) is 25.2. The van der Waals surface area contributed by atoms with Crippen molar-refractivity contribution in [2.24, 2.45) is 11.8 Å². The molecule has 1 heterocycles. The van der Waals surface area contributed by atoms with E-state index in [2.05, 4.69) is 0 Å². The molecule has 1 aliphatic heterocycles. The number of fused-ring (bicyclic) bond motifs is 1. The largest absolute Gasteiger partial charge is 0.507 e. The molecule has 2 atom stereocenters. The number of aromatic carboxylic acids is 1. The van der Waals surface area contributed by atoms with Crippen molar-refractivity contribution in [1.82, 2.24) is 0 Å². The van der Waals surface area contributed by atoms with Crippen LogP contribution < -0.4 is 4.90 Å². The van der Waals surface area contributed by atoms with Crippen LogP contribution in [0.5, 0.6) is 5.75 Å². The van der Waals surface area contributed by atoms with Gasteiger partial charge < -0.3 is 10.2 Å². The highest BCUT2D eigenvalue weighted by molar-refractivity contribution is 6.24. The summed E-state index contributed by atoms with van der Waals surface area (Å²) in [5.74, 6) is -2.71. The molecule has 1 saturated carbocycles. The predicted octanol–water partition coefficient (Wildman–Crippen LogP) is 0.600. The van der Waals surface area contributed by atoms with E-state index in [1.54, 1.807) is 0 Å². The van der Waals surface area contributed by atoms with Crippen molar-refractivity contribution in [2.75, 3.05) is 4.90 Å². The molecule has 0 bridgehead atoms. The van der Waals surface area contributed by atoms with Crippen molar-refractivity contribution >= 4 is 23.5 Å². The molecule has 1 aromatic carbocycles. The van der Waals surface area contributed by atoms with E-state index >= 15 is 0 Å². The Hall–Kier alpha value is -2.37. The van der Waals surface area contributed by atoms with Gasteiger partial charge in [0.1, 0.15) is 11.3 Å². The maximum absolute atomic E-state index is 11.8. The van der Waals surface area contributed by atoms with Gasteiger partial charge in [-0.1, -0.05) is 0 Å². The Labute approximate surface area is 101 Å². The summed E-state index contributed by atoms with van der Waals surface area (Å²) in [6, 6.07) is 3.66. The molecule has 2 unspecified atom stereocenters. The van der Waals surface area contributed by atoms with Gasteiger partial charge in [-0.05, 0) is 18.6 Å². The average Bonchev–Trinajstić information content (AvgIpc) is 3.03. The zero-order chi connectivity index (χ0) is 13.0. The van der Waals surface area contributed by atoms with Gasteiger partial charge in [-0.2, -0.15) is 0 Å². The Kier molecular flexibility index (Phi) is 1.98. The minimum absolute atomic E-state index is 0.222. The van der Waals surface area contributed by atoms with Crippen LogP contribution in [0.1, 0.15) is 16.8 Å². The van der Waals surface area contributed by atoms with Crippen LogP contribution in [0.15, 0.2) is 18.2 Å². The SMILES string of the molecule is O=C(O)c1ccc(N2C(=O)C3CC3C2=O)cc1O. The molecule has 1 aromatic rings. The number of hydrogen-bond donors (Lipinski definition) is 2. The van der Waals surface area contributed by atoms with Crippen LogP contribution in [-0.4, -0.2) is 28.0 Å². The van der Waals surface area contributed by atoms with Gasteiger partial charge in [-0.15, -0.1) is 0 Å². The number of phenols is 1. The van der Waals surface area contributed by atoms with Crippen LogP contribution in [0.2, 0.25) is 0 Å². The Morgan fingerprint density at radius 1 is 1.22 bits per heavy atom. The molecule has 3 rings (SSSR count). The van der Waals surface area contributed by atoms with Gasteiger partial charge in [-0.3, -0.25) is 9.59 Å². The van der Waals surface area contributed by atoms with Gasteiger partial charge in [-0.25, -0.2) is 9.69 Å². The molecule has 1 aliphatic carbocycles. The monoisotopic (exact) mass is 247 g/mol. The lowest BCUT2D eigenvalue weighted by Crippen LogP contribution is -2.32. The summed E-state index contributed by atoms with van der Waals surface area (Å²) in [6.45, 7) is 0. The third-order valence-electron chi connectivity index (χ3n) is 3.34. The van der Waals surface area contributed by atoms with Gasteiger partial charge in [0.25, 0.3) is 0 Å². The summed E-state index contributed by atoms with van der Waals surface area (Å²) in [7, 11) is 0. The van der Waals surface area contributed by atoms with Gasteiger partial charge in [0, 0.05) is 6.07 Å². The number of piperidine rings is 1. The number of carboxylic acids is 1. The van der Waals surface area contributed by atoms with Crippen molar-refractivity contribution in [1.29, 1.82) is 0 Å². The third-order valence-corrected chi connectivity index (χ3v) is 3.34. The number of carbonyl (C=O) groups excluding carboxylic acids is 2. The van der Waals surface area contributed by atoms with E-state index < -0.39 is 11.7 Å². The second-order valence-electron chi connectivity index (χ2n) is 4.47. The van der Waals surface area contributed by atoms with Crippen LogP contribution in [0.4, 0.5) is 5.69 Å². The van der Waals surface area contributed by atoms with Crippen LogP contribution in [0, 0.1) is 11.8 Å². The number of rotatable bonds is 2. The second kappa shape index (κ2) is 3.32. The molecule has 6 heteroatoms. The highest BCUT2D eigenvalue weighted by atomic mass is 16.4. The first-order valence-electron chi connectivity index (χ1n) is 5.45. The van der Waals surface area contributed by atoms with E-state index in [9.17, 15) is 19.5 Å². The van der Waals surface area contributed by atoms with Gasteiger partial charge in [0.05, 0.1) is 17.5 Å². The van der Waals surface area contributed by atoms with Crippen LogP contribution >= 0.6 is 0 Å². The zero-order valence-electron chi connectivity index (χ0n) is 9.16. The fourth-order valence-corrected chi connectivity index (χ4v) is 2.28. The summed E-state index contributed by atoms with van der Waals surface area (Å²) in [6.07, 6.45) is 0.605. The molecule has 2 amide bonds. The van der Waals surface area contributed by atoms with Gasteiger partial charge in [0.2, 0.25) is 11.8 Å². The Bertz CT molecular complexity index is 574. The Morgan fingerprint density at radius 2 is 1.83 bits per heavy atom. The molecule has 18 heavy (non-hydrogen) atoms. The lowest BCUT2D eigenvalue weighted by molar-refractivity contribution is -0.123. The zero-order valence-corrected chi connectivity index (χ0v) is 9.16. The number of aromatic hydroxyl groups is 1. The second-order valence-corrected chi connectivity index (χ2v) is 4.47. The van der Waals surface area contributed by atoms with Crippen molar-refractivity contribution in [3.8, 4) is 5.75 Å². The van der Waals surface area contributed by atoms with E-state index in [4.69, 9.17) is 5.11 Å². The maximum Gasteiger partial charge on any atom is 0.339 e. The van der Waals surface area contributed by atoms with Gasteiger partial charge >= 0.3 is 5.97 Å². The number of carboxylic acid groups (broad SMARTS) is 1. The lowest BCUT2D eigenvalue weighted by atomic mass is 10.1. The molecule has 1 saturated heterocycles. The van der Waals surface area contributed by atoms with E-state index in [0.717, 1.165) is 11.0 Å². The first kappa shape index (κ1) is 10.8. The molecule has 0 spiro atoms. The predicted molar refractivity (Wildman–Crippen MR) is 59.2 cm³/mol. The van der Waals surface area contributed by atoms with Crippen LogP contribution in [0.3, 0.4) is 0 Å². The molecule has 0 radical (unpaired) electrons. The molecule has 6 nitrogen and oxygen atoms in total. The highest BCUT2D eigenvalue weighted by Crippen LogP contribution is 2.48.